The predicted octanol–water partition coefficient (Wildman–Crippen LogP) is 2.55. The maximum Gasteiger partial charge on any atom is 0.238 e. The van der Waals surface area contributed by atoms with E-state index in [9.17, 15) is 4.79 Å². The van der Waals surface area contributed by atoms with E-state index in [1.165, 1.54) is 5.56 Å². The summed E-state index contributed by atoms with van der Waals surface area (Å²) < 4.78 is 4.92. The number of rotatable bonds is 10. The molecule has 0 saturated carbocycles. The first kappa shape index (κ1) is 24.4. The Morgan fingerprint density at radius 1 is 1.22 bits per heavy atom. The van der Waals surface area contributed by atoms with Crippen LogP contribution in [0.5, 0.6) is 0 Å². The minimum absolute atomic E-state index is 0. The normalized spacial score (nSPS) is 9.91. The van der Waals surface area contributed by atoms with Crippen molar-refractivity contribution in [3.8, 4) is 0 Å². The van der Waals surface area contributed by atoms with Crippen LogP contribution in [0.2, 0.25) is 0 Å². The highest BCUT2D eigenvalue weighted by atomic mass is 35.5. The molecule has 7 heteroatoms. The number of nitrogens with zero attached hydrogens (tertiary/aromatic N) is 1. The van der Waals surface area contributed by atoms with Crippen molar-refractivity contribution in [3.05, 3.63) is 29.8 Å². The molecule has 0 aromatic heterocycles. The second-order valence-electron chi connectivity index (χ2n) is 4.88. The lowest BCUT2D eigenvalue weighted by molar-refractivity contribution is -0.115. The molecule has 134 valence electrons. The van der Waals surface area contributed by atoms with Crippen LogP contribution in [0.1, 0.15) is 19.4 Å². The van der Waals surface area contributed by atoms with Crippen LogP contribution in [0, 0.1) is 0 Å². The van der Waals surface area contributed by atoms with Crippen molar-refractivity contribution in [2.24, 2.45) is 0 Å². The van der Waals surface area contributed by atoms with Gasteiger partial charge < -0.3 is 15.4 Å². The van der Waals surface area contributed by atoms with Gasteiger partial charge in [0, 0.05) is 25.9 Å². The largest absolute Gasteiger partial charge is 0.383 e. The minimum Gasteiger partial charge on any atom is -0.383 e. The van der Waals surface area contributed by atoms with Crippen molar-refractivity contribution in [2.75, 3.05) is 45.2 Å². The molecule has 0 spiro atoms. The highest BCUT2D eigenvalue weighted by Crippen LogP contribution is 2.12. The SMILES string of the molecule is CCN(CC)Cc1cccc(NC(=O)CNCCOC)c1.Cl.Cl. The summed E-state index contributed by atoms with van der Waals surface area (Å²) in [5.74, 6) is -0.0360. The number of methoxy groups -OCH3 is 1. The van der Waals surface area contributed by atoms with Gasteiger partial charge in [0.25, 0.3) is 0 Å². The number of carbonyl (C=O) groups excluding carboxylic acids is 1. The molecular formula is C16H29Cl2N3O2. The van der Waals surface area contributed by atoms with Gasteiger partial charge in [-0.15, -0.1) is 24.8 Å². The van der Waals surface area contributed by atoms with Crippen molar-refractivity contribution >= 4 is 36.4 Å². The van der Waals surface area contributed by atoms with Gasteiger partial charge >= 0.3 is 0 Å². The number of benzene rings is 1. The Bertz CT molecular complexity index is 430. The van der Waals surface area contributed by atoms with Gasteiger partial charge in [-0.3, -0.25) is 9.69 Å². The molecular weight excluding hydrogens is 337 g/mol. The van der Waals surface area contributed by atoms with Crippen LogP contribution >= 0.6 is 24.8 Å². The predicted molar refractivity (Wildman–Crippen MR) is 101 cm³/mol. The topological polar surface area (TPSA) is 53.6 Å². The van der Waals surface area contributed by atoms with Crippen molar-refractivity contribution < 1.29 is 9.53 Å². The van der Waals surface area contributed by atoms with E-state index in [4.69, 9.17) is 4.74 Å². The standard InChI is InChI=1S/C16H27N3O2.2ClH/c1-4-19(5-2)13-14-7-6-8-15(11-14)18-16(20)12-17-9-10-21-3;;/h6-8,11,17H,4-5,9-10,12-13H2,1-3H3,(H,18,20);2*1H. The van der Waals surface area contributed by atoms with Crippen molar-refractivity contribution in [2.45, 2.75) is 20.4 Å². The number of carbonyl (C=O) groups is 1. The van der Waals surface area contributed by atoms with Gasteiger partial charge in [0.1, 0.15) is 0 Å². The third kappa shape index (κ3) is 10.5. The molecule has 0 radical (unpaired) electrons. The van der Waals surface area contributed by atoms with Gasteiger partial charge in [-0.25, -0.2) is 0 Å². The molecule has 23 heavy (non-hydrogen) atoms. The first-order valence-corrected chi connectivity index (χ1v) is 7.50. The average molecular weight is 366 g/mol. The molecule has 0 atom stereocenters. The molecule has 0 aliphatic heterocycles. The van der Waals surface area contributed by atoms with Crippen LogP contribution in [0.4, 0.5) is 5.69 Å². The molecule has 2 N–H and O–H groups in total. The van der Waals surface area contributed by atoms with Gasteiger partial charge in [0.05, 0.1) is 13.2 Å². The van der Waals surface area contributed by atoms with Gasteiger partial charge in [0.15, 0.2) is 0 Å². The first-order chi connectivity index (χ1) is 10.2. The Morgan fingerprint density at radius 3 is 2.52 bits per heavy atom. The van der Waals surface area contributed by atoms with E-state index in [0.29, 0.717) is 19.7 Å². The zero-order valence-corrected chi connectivity index (χ0v) is 15.8. The smallest absolute Gasteiger partial charge is 0.238 e. The quantitative estimate of drug-likeness (QED) is 0.625. The third-order valence-electron chi connectivity index (χ3n) is 3.28. The lowest BCUT2D eigenvalue weighted by atomic mass is 10.2. The summed E-state index contributed by atoms with van der Waals surface area (Å²) in [6, 6.07) is 8.02. The number of amides is 1. The van der Waals surface area contributed by atoms with Gasteiger partial charge in [-0.05, 0) is 30.8 Å². The second-order valence-corrected chi connectivity index (χ2v) is 4.88. The zero-order valence-electron chi connectivity index (χ0n) is 14.1. The Morgan fingerprint density at radius 2 is 1.91 bits per heavy atom. The van der Waals surface area contributed by atoms with Crippen molar-refractivity contribution in [1.29, 1.82) is 0 Å². The maximum atomic E-state index is 11.8. The fourth-order valence-electron chi connectivity index (χ4n) is 2.03. The molecule has 0 heterocycles. The molecule has 0 aliphatic rings. The molecule has 1 amide bonds. The molecule has 0 bridgehead atoms. The van der Waals surface area contributed by atoms with Crippen LogP contribution in [0.15, 0.2) is 24.3 Å². The number of anilines is 1. The van der Waals surface area contributed by atoms with E-state index in [-0.39, 0.29) is 30.7 Å². The van der Waals surface area contributed by atoms with Crippen LogP contribution in [-0.2, 0) is 16.1 Å². The molecule has 1 aromatic carbocycles. The van der Waals surface area contributed by atoms with E-state index in [0.717, 1.165) is 25.3 Å². The second kappa shape index (κ2) is 14.7. The maximum absolute atomic E-state index is 11.8. The molecule has 5 nitrogen and oxygen atoms in total. The Hall–Kier alpha value is -0.850. The molecule has 0 saturated heterocycles. The number of hydrogen-bond acceptors (Lipinski definition) is 4. The Labute approximate surface area is 152 Å². The van der Waals surface area contributed by atoms with Gasteiger partial charge in [-0.1, -0.05) is 26.0 Å². The fraction of sp³-hybridized carbons (Fsp3) is 0.562. The average Bonchev–Trinajstić information content (AvgIpc) is 2.49. The number of ether oxygens (including phenoxy) is 1. The molecule has 1 rings (SSSR count). The highest BCUT2D eigenvalue weighted by Gasteiger charge is 2.04. The minimum atomic E-state index is -0.0360. The monoisotopic (exact) mass is 365 g/mol. The van der Waals surface area contributed by atoms with Crippen LogP contribution in [-0.4, -0.2) is 50.7 Å². The molecule has 1 aromatic rings. The summed E-state index contributed by atoms with van der Waals surface area (Å²) in [5, 5.41) is 5.93. The molecule has 0 unspecified atom stereocenters. The number of halogens is 2. The summed E-state index contributed by atoms with van der Waals surface area (Å²) in [6.07, 6.45) is 0. The van der Waals surface area contributed by atoms with Crippen molar-refractivity contribution in [3.63, 3.8) is 0 Å². The molecule has 0 fully saturated rings. The van der Waals surface area contributed by atoms with E-state index in [1.54, 1.807) is 7.11 Å². The van der Waals surface area contributed by atoms with Crippen LogP contribution in [0.25, 0.3) is 0 Å². The highest BCUT2D eigenvalue weighted by molar-refractivity contribution is 5.92. The summed E-state index contributed by atoms with van der Waals surface area (Å²) in [5.41, 5.74) is 2.06. The fourth-order valence-corrected chi connectivity index (χ4v) is 2.03. The van der Waals surface area contributed by atoms with E-state index in [1.807, 2.05) is 18.2 Å². The van der Waals surface area contributed by atoms with Crippen LogP contribution < -0.4 is 10.6 Å². The summed E-state index contributed by atoms with van der Waals surface area (Å²) in [7, 11) is 1.64. The van der Waals surface area contributed by atoms with Gasteiger partial charge in [0.2, 0.25) is 5.91 Å². The van der Waals surface area contributed by atoms with E-state index < -0.39 is 0 Å². The van der Waals surface area contributed by atoms with E-state index in [2.05, 4.69) is 35.4 Å². The molecule has 0 aliphatic carbocycles. The zero-order chi connectivity index (χ0) is 15.5. The number of hydrogen-bond donors (Lipinski definition) is 2. The Kier molecular flexibility index (Phi) is 15.6. The lowest BCUT2D eigenvalue weighted by Gasteiger charge is -2.18. The van der Waals surface area contributed by atoms with E-state index >= 15 is 0 Å². The Balaban J connectivity index is 0. The number of nitrogens with one attached hydrogen (secondary N) is 2. The van der Waals surface area contributed by atoms with Gasteiger partial charge in [-0.2, -0.15) is 0 Å². The summed E-state index contributed by atoms with van der Waals surface area (Å²) in [4.78, 5) is 14.1. The summed E-state index contributed by atoms with van der Waals surface area (Å²) in [6.45, 7) is 8.83. The summed E-state index contributed by atoms with van der Waals surface area (Å²) >= 11 is 0. The first-order valence-electron chi connectivity index (χ1n) is 7.50. The third-order valence-corrected chi connectivity index (χ3v) is 3.28. The van der Waals surface area contributed by atoms with Crippen molar-refractivity contribution in [1.82, 2.24) is 10.2 Å². The lowest BCUT2D eigenvalue weighted by Crippen LogP contribution is -2.30. The van der Waals surface area contributed by atoms with Crippen LogP contribution in [0.3, 0.4) is 0 Å².